The molecule has 2 rings (SSSR count). The van der Waals surface area contributed by atoms with Gasteiger partial charge in [-0.15, -0.1) is 0 Å². The van der Waals surface area contributed by atoms with Crippen LogP contribution < -0.4 is 5.32 Å². The molecule has 12 atom stereocenters. The van der Waals surface area contributed by atoms with Gasteiger partial charge in [0.1, 0.15) is 48.8 Å². The Bertz CT molecular complexity index is 1360. The number of aliphatic hydroxyl groups is 8. The second-order valence-corrected chi connectivity index (χ2v) is 14.3. The van der Waals surface area contributed by atoms with E-state index in [1.165, 1.54) is 0 Å². The molecule has 59 heavy (non-hydrogen) atoms. The molecular formula is C45H71NO13. The van der Waals surface area contributed by atoms with Crippen molar-refractivity contribution in [3.05, 3.63) is 97.2 Å². The first-order valence-corrected chi connectivity index (χ1v) is 21.0. The van der Waals surface area contributed by atoms with Gasteiger partial charge in [-0.25, -0.2) is 0 Å². The molecule has 0 aliphatic carbocycles. The van der Waals surface area contributed by atoms with Crippen molar-refractivity contribution in [1.29, 1.82) is 0 Å². The quantitative estimate of drug-likeness (QED) is 0.0408. The molecule has 9 N–H and O–H groups in total. The van der Waals surface area contributed by atoms with Crippen molar-refractivity contribution in [2.24, 2.45) is 0 Å². The van der Waals surface area contributed by atoms with Gasteiger partial charge >= 0.3 is 0 Å². The molecule has 0 aromatic rings. The third-order valence-corrected chi connectivity index (χ3v) is 9.52. The summed E-state index contributed by atoms with van der Waals surface area (Å²) in [6.07, 6.45) is 23.6. The van der Waals surface area contributed by atoms with Crippen molar-refractivity contribution in [2.75, 3.05) is 19.8 Å². The summed E-state index contributed by atoms with van der Waals surface area (Å²) < 4.78 is 22.5. The zero-order valence-electron chi connectivity index (χ0n) is 34.7. The molecule has 0 spiro atoms. The van der Waals surface area contributed by atoms with E-state index >= 15 is 0 Å². The molecule has 14 nitrogen and oxygen atoms in total. The van der Waals surface area contributed by atoms with Gasteiger partial charge in [0.2, 0.25) is 5.91 Å². The van der Waals surface area contributed by atoms with Gasteiger partial charge in [-0.3, -0.25) is 4.79 Å². The van der Waals surface area contributed by atoms with Gasteiger partial charge in [0.05, 0.1) is 32.0 Å². The maximum absolute atomic E-state index is 13.0. The molecule has 0 aromatic carbocycles. The van der Waals surface area contributed by atoms with Crippen LogP contribution in [0.25, 0.3) is 0 Å². The van der Waals surface area contributed by atoms with Crippen LogP contribution in [0.4, 0.5) is 0 Å². The Hall–Kier alpha value is -3.09. The first-order chi connectivity index (χ1) is 28.6. The van der Waals surface area contributed by atoms with E-state index in [-0.39, 0.29) is 18.9 Å². The average Bonchev–Trinajstić information content (AvgIpc) is 3.23. The summed E-state index contributed by atoms with van der Waals surface area (Å²) in [5.74, 6) is -0.390. The number of carbonyl (C=O) groups is 1. The molecular weight excluding hydrogens is 762 g/mol. The van der Waals surface area contributed by atoms with Gasteiger partial charge in [0.15, 0.2) is 12.6 Å². The molecule has 12 unspecified atom stereocenters. The van der Waals surface area contributed by atoms with Crippen LogP contribution in [-0.2, 0) is 23.7 Å². The summed E-state index contributed by atoms with van der Waals surface area (Å²) in [6, 6.07) is -0.994. The number of amides is 1. The van der Waals surface area contributed by atoms with E-state index in [0.29, 0.717) is 12.8 Å². The van der Waals surface area contributed by atoms with E-state index in [2.05, 4.69) is 86.0 Å². The van der Waals surface area contributed by atoms with Gasteiger partial charge in [-0.05, 0) is 64.2 Å². The number of hydrogen-bond acceptors (Lipinski definition) is 13. The Kier molecular flexibility index (Phi) is 28.0. The summed E-state index contributed by atoms with van der Waals surface area (Å²) in [4.78, 5) is 13.0. The van der Waals surface area contributed by atoms with Crippen LogP contribution in [0.1, 0.15) is 84.5 Å². The van der Waals surface area contributed by atoms with Crippen LogP contribution in [0.2, 0.25) is 0 Å². The predicted molar refractivity (Wildman–Crippen MR) is 226 cm³/mol. The highest BCUT2D eigenvalue weighted by Gasteiger charge is 2.50. The molecule has 0 aromatic heterocycles. The standard InChI is InChI=1S/C45H71NO13/c1-3-5-7-9-11-13-15-16-17-18-19-21-23-25-27-29-37(50)46-33(34(49)28-26-24-22-20-14-12-10-8-6-4-2)32-56-44-42(55)40(53)43(36(31-48)58-44)59-45-41(54)39(52)38(51)35(30-47)57-45/h5-8,11,13-14,16-17,19-21,25-28,33-36,38-45,47-49,51-55H,3-4,9-10,12,15,18,22-24,29-32H2,1-2H3,(H,46,50)/b7-5-,8-6+,13-11-,17-16-,20-14+,21-19-,27-25-,28-26+. The maximum atomic E-state index is 13.0. The summed E-state index contributed by atoms with van der Waals surface area (Å²) >= 11 is 0. The third-order valence-electron chi connectivity index (χ3n) is 9.52. The molecule has 14 heteroatoms. The largest absolute Gasteiger partial charge is 0.394 e. The Labute approximate surface area is 350 Å². The van der Waals surface area contributed by atoms with E-state index in [1.54, 1.807) is 18.2 Å². The average molecular weight is 834 g/mol. The third kappa shape index (κ3) is 20.4. The second-order valence-electron chi connectivity index (χ2n) is 14.3. The van der Waals surface area contributed by atoms with Gasteiger partial charge in [0.25, 0.3) is 0 Å². The van der Waals surface area contributed by atoms with Crippen molar-refractivity contribution in [2.45, 2.75) is 158 Å². The fourth-order valence-electron chi connectivity index (χ4n) is 6.10. The van der Waals surface area contributed by atoms with Crippen molar-refractivity contribution in [3.63, 3.8) is 0 Å². The second kappa shape index (κ2) is 31.7. The van der Waals surface area contributed by atoms with Crippen molar-refractivity contribution < 1.29 is 64.6 Å². The molecule has 2 aliphatic heterocycles. The SMILES string of the molecule is CC/C=C\C/C=C\C/C=C\C/C=C\C/C=C\CC(=O)NC(COC1OC(CO)C(OC2OC(CO)C(O)C(O)C2O)C(O)C1O)C(O)/C=C/CC/C=C/CC/C=C/CC. The molecule has 2 aliphatic rings. The summed E-state index contributed by atoms with van der Waals surface area (Å²) in [6.45, 7) is 2.39. The molecule has 334 valence electrons. The van der Waals surface area contributed by atoms with E-state index in [1.807, 2.05) is 12.2 Å². The minimum Gasteiger partial charge on any atom is -0.394 e. The van der Waals surface area contributed by atoms with Crippen molar-refractivity contribution >= 4 is 5.91 Å². The lowest BCUT2D eigenvalue weighted by molar-refractivity contribution is -0.359. The number of aliphatic hydroxyl groups excluding tert-OH is 8. The number of hydrogen-bond donors (Lipinski definition) is 9. The normalized spacial score (nSPS) is 29.5. The van der Waals surface area contributed by atoms with Gasteiger partial charge < -0.3 is 65.1 Å². The number of allylic oxidation sites excluding steroid dienone is 14. The Morgan fingerprint density at radius 2 is 1.07 bits per heavy atom. The number of nitrogens with one attached hydrogen (secondary N) is 1. The number of ether oxygens (including phenoxy) is 4. The van der Waals surface area contributed by atoms with E-state index in [9.17, 15) is 45.6 Å². The lowest BCUT2D eigenvalue weighted by atomic mass is 9.97. The number of carbonyl (C=O) groups excluding carboxylic acids is 1. The fourth-order valence-corrected chi connectivity index (χ4v) is 6.10. The molecule has 0 radical (unpaired) electrons. The first kappa shape index (κ1) is 52.0. The topological polar surface area (TPSA) is 228 Å². The Morgan fingerprint density at radius 1 is 0.593 bits per heavy atom. The minimum absolute atomic E-state index is 0.0313. The van der Waals surface area contributed by atoms with Crippen LogP contribution in [0.5, 0.6) is 0 Å². The lowest BCUT2D eigenvalue weighted by Gasteiger charge is -2.46. The van der Waals surface area contributed by atoms with E-state index < -0.39 is 86.8 Å². The Morgan fingerprint density at radius 3 is 1.63 bits per heavy atom. The van der Waals surface area contributed by atoms with Crippen LogP contribution >= 0.6 is 0 Å². The molecule has 2 heterocycles. The summed E-state index contributed by atoms with van der Waals surface area (Å²) in [5.41, 5.74) is 0. The van der Waals surface area contributed by atoms with Crippen LogP contribution in [0, 0.1) is 0 Å². The highest BCUT2D eigenvalue weighted by molar-refractivity contribution is 5.77. The lowest BCUT2D eigenvalue weighted by Crippen LogP contribution is -2.65. The molecule has 2 fully saturated rings. The molecule has 1 amide bonds. The molecule has 2 saturated heterocycles. The smallest absolute Gasteiger partial charge is 0.224 e. The monoisotopic (exact) mass is 833 g/mol. The van der Waals surface area contributed by atoms with Crippen LogP contribution in [0.15, 0.2) is 97.2 Å². The maximum Gasteiger partial charge on any atom is 0.224 e. The van der Waals surface area contributed by atoms with E-state index in [4.69, 9.17) is 18.9 Å². The minimum atomic E-state index is -1.80. The zero-order valence-corrected chi connectivity index (χ0v) is 34.7. The summed E-state index contributed by atoms with van der Waals surface area (Å²) in [5, 5.41) is 86.1. The van der Waals surface area contributed by atoms with Crippen LogP contribution in [0.3, 0.4) is 0 Å². The Balaban J connectivity index is 1.99. The zero-order chi connectivity index (χ0) is 43.3. The molecule has 0 bridgehead atoms. The summed E-state index contributed by atoms with van der Waals surface area (Å²) in [7, 11) is 0. The van der Waals surface area contributed by atoms with Crippen LogP contribution in [-0.4, -0.2) is 140 Å². The van der Waals surface area contributed by atoms with Gasteiger partial charge in [0, 0.05) is 6.42 Å². The predicted octanol–water partition coefficient (Wildman–Crippen LogP) is 3.25. The van der Waals surface area contributed by atoms with Crippen molar-refractivity contribution in [1.82, 2.24) is 5.32 Å². The fraction of sp³-hybridized carbons (Fsp3) is 0.622. The highest BCUT2D eigenvalue weighted by Crippen LogP contribution is 2.29. The number of unbranched alkanes of at least 4 members (excludes halogenated alkanes) is 2. The van der Waals surface area contributed by atoms with Crippen molar-refractivity contribution in [3.8, 4) is 0 Å². The van der Waals surface area contributed by atoms with E-state index in [0.717, 1.165) is 51.4 Å². The number of rotatable bonds is 28. The highest BCUT2D eigenvalue weighted by atomic mass is 16.7. The van der Waals surface area contributed by atoms with Gasteiger partial charge in [-0.1, -0.05) is 111 Å². The molecule has 0 saturated carbocycles. The first-order valence-electron chi connectivity index (χ1n) is 21.0. The van der Waals surface area contributed by atoms with Gasteiger partial charge in [-0.2, -0.15) is 0 Å².